The zero-order valence-electron chi connectivity index (χ0n) is 26.9. The van der Waals surface area contributed by atoms with Crippen LogP contribution in [-0.2, 0) is 32.7 Å². The van der Waals surface area contributed by atoms with Crippen LogP contribution in [0.5, 0.6) is 0 Å². The van der Waals surface area contributed by atoms with Gasteiger partial charge in [0.25, 0.3) is 0 Å². The largest absolute Gasteiger partial charge is 0.472 e. The van der Waals surface area contributed by atoms with E-state index >= 15 is 0 Å². The van der Waals surface area contributed by atoms with Gasteiger partial charge < -0.3 is 32.7 Å². The van der Waals surface area contributed by atoms with Crippen molar-refractivity contribution in [3.8, 4) is 0 Å². The second kappa shape index (κ2) is 26.2. The summed E-state index contributed by atoms with van der Waals surface area (Å²) in [6.07, 6.45) is 20.2. The molecule has 1 N–H and O–H groups in total. The number of nitrogens with zero attached hydrogens (tertiary/aromatic N) is 1. The van der Waals surface area contributed by atoms with Gasteiger partial charge in [0.05, 0.1) is 27.7 Å². The Balaban J connectivity index is 4.53. The summed E-state index contributed by atoms with van der Waals surface area (Å²) in [7, 11) is 1.45. The number of quaternary nitrogens is 1. The van der Waals surface area contributed by atoms with Gasteiger partial charge in [-0.1, -0.05) is 69.9 Å². The normalized spacial score (nSPS) is 14.1. The molecule has 0 saturated heterocycles. The van der Waals surface area contributed by atoms with Crippen molar-refractivity contribution in [2.45, 2.75) is 122 Å². The molecule has 0 heterocycles. The van der Waals surface area contributed by atoms with Gasteiger partial charge in [-0.05, 0) is 32.1 Å². The van der Waals surface area contributed by atoms with Crippen LogP contribution >= 0.6 is 7.82 Å². The minimum atomic E-state index is -4.36. The molecule has 248 valence electrons. The quantitative estimate of drug-likeness (QED) is 0.0229. The maximum absolute atomic E-state index is 12.5. The van der Waals surface area contributed by atoms with Crippen LogP contribution in [0.25, 0.3) is 0 Å². The molecule has 1 unspecified atom stereocenters. The number of carbonyl (C=O) groups excluding carboxylic acids is 2. The Morgan fingerprint density at radius 3 is 1.86 bits per heavy atom. The Labute approximate surface area is 256 Å². The molecule has 0 amide bonds. The minimum absolute atomic E-state index is 0.0267. The van der Waals surface area contributed by atoms with Crippen LogP contribution in [0, 0.1) is 13.8 Å². The van der Waals surface area contributed by atoms with Gasteiger partial charge in [-0.15, -0.1) is 0 Å². The lowest BCUT2D eigenvalue weighted by atomic mass is 10.1. The number of phosphoric ester groups is 1. The van der Waals surface area contributed by atoms with Gasteiger partial charge in [-0.2, -0.15) is 12.8 Å². The highest BCUT2D eigenvalue weighted by Crippen LogP contribution is 2.43. The number of hydrogen-bond donors (Lipinski definition) is 1. The Bertz CT molecular complexity index is 753. The number of allylic oxidation sites excluding steroid dienone is 2. The van der Waals surface area contributed by atoms with Gasteiger partial charge in [-0.3, -0.25) is 18.6 Å². The number of unbranched alkanes of at least 4 members (excludes halogenated alkanes) is 13. The third-order valence-corrected chi connectivity index (χ3v) is 7.57. The third kappa shape index (κ3) is 28.9. The second-order valence-corrected chi connectivity index (χ2v) is 13.4. The van der Waals surface area contributed by atoms with Crippen LogP contribution in [0.2, 0.25) is 0 Å². The lowest BCUT2D eigenvalue weighted by Gasteiger charge is -2.24. The lowest BCUT2D eigenvalue weighted by Crippen LogP contribution is -2.37. The summed E-state index contributed by atoms with van der Waals surface area (Å²) in [4.78, 5) is 34.8. The van der Waals surface area contributed by atoms with E-state index in [9.17, 15) is 19.0 Å². The smallest absolute Gasteiger partial charge is 0.462 e. The zero-order valence-corrected chi connectivity index (χ0v) is 27.8. The first-order valence-corrected chi connectivity index (χ1v) is 17.5. The molecule has 0 aliphatic rings. The van der Waals surface area contributed by atoms with Crippen molar-refractivity contribution in [3.05, 3.63) is 26.0 Å². The number of esters is 2. The molecule has 0 radical (unpaired) electrons. The van der Waals surface area contributed by atoms with Crippen molar-refractivity contribution < 1.29 is 42.1 Å². The first-order valence-electron chi connectivity index (χ1n) is 16.0. The fourth-order valence-corrected chi connectivity index (χ4v) is 4.72. The maximum atomic E-state index is 12.5. The molecule has 2 atom stereocenters. The monoisotopic (exact) mass is 618 g/mol. The van der Waals surface area contributed by atoms with Crippen molar-refractivity contribution in [1.82, 2.24) is 0 Å². The van der Waals surface area contributed by atoms with E-state index in [2.05, 4.69) is 26.0 Å². The summed E-state index contributed by atoms with van der Waals surface area (Å²) in [5, 5.41) is 0. The molecule has 0 aromatic heterocycles. The molecule has 0 aliphatic carbocycles. The first kappa shape index (κ1) is 40.8. The number of ether oxygens (including phenoxy) is 2. The highest BCUT2D eigenvalue weighted by atomic mass is 31.2. The molecule has 42 heavy (non-hydrogen) atoms. The van der Waals surface area contributed by atoms with Crippen LogP contribution < -0.4 is 0 Å². The summed E-state index contributed by atoms with van der Waals surface area (Å²) in [5.74, 6) is -0.841. The molecule has 0 aliphatic heterocycles. The van der Waals surface area contributed by atoms with E-state index in [1.165, 1.54) is 0 Å². The van der Waals surface area contributed by atoms with Gasteiger partial charge in [0.2, 0.25) is 0 Å². The zero-order chi connectivity index (χ0) is 31.5. The van der Waals surface area contributed by atoms with Crippen LogP contribution in [0.4, 0.5) is 0 Å². The maximum Gasteiger partial charge on any atom is 0.472 e. The van der Waals surface area contributed by atoms with E-state index in [0.29, 0.717) is 17.4 Å². The molecular formula is C32H61NO8P-. The number of hydrogen-bond acceptors (Lipinski definition) is 7. The summed E-state index contributed by atoms with van der Waals surface area (Å²) >= 11 is 0. The topological polar surface area (TPSA) is 108 Å². The fraction of sp³-hybridized carbons (Fsp3) is 0.812. The molecule has 0 saturated carbocycles. The minimum Gasteiger partial charge on any atom is -0.462 e. The van der Waals surface area contributed by atoms with Gasteiger partial charge in [-0.25, -0.2) is 4.57 Å². The lowest BCUT2D eigenvalue weighted by molar-refractivity contribution is -0.870. The standard InChI is InChI=1S/C32H61NO8P/c1-6-8-10-12-14-15-16-17-19-21-23-25-32(35)41-30(29-40-42(36,37)39-27-26-33(3,4)5)28-38-31(34)24-22-20-18-13-11-9-7-2/h12,14,30H,1-2,6-11,13,15-29H2,3-5H3,(H,36,37)/q-1/b14-12-/t30-/m1/s1. The van der Waals surface area contributed by atoms with Crippen LogP contribution in [0.15, 0.2) is 12.2 Å². The molecule has 0 spiro atoms. The Kier molecular flexibility index (Phi) is 25.4. The second-order valence-electron chi connectivity index (χ2n) is 11.9. The van der Waals surface area contributed by atoms with E-state index in [4.69, 9.17) is 18.5 Å². The summed E-state index contributed by atoms with van der Waals surface area (Å²) in [5.41, 5.74) is 0. The fourth-order valence-electron chi connectivity index (χ4n) is 3.98. The van der Waals surface area contributed by atoms with Crippen LogP contribution in [0.1, 0.15) is 116 Å². The van der Waals surface area contributed by atoms with Gasteiger partial charge in [0.15, 0.2) is 6.10 Å². The number of phosphoric acid groups is 1. The summed E-state index contributed by atoms with van der Waals surface area (Å²) in [6.45, 7) is 7.56. The molecule has 0 aromatic carbocycles. The number of carbonyl (C=O) groups is 2. The van der Waals surface area contributed by atoms with E-state index in [0.717, 1.165) is 96.3 Å². The molecule has 0 rings (SSSR count). The highest BCUT2D eigenvalue weighted by molar-refractivity contribution is 7.47. The van der Waals surface area contributed by atoms with Crippen LogP contribution in [0.3, 0.4) is 0 Å². The Hall–Kier alpha value is -1.25. The molecule has 0 bridgehead atoms. The predicted octanol–water partition coefficient (Wildman–Crippen LogP) is 7.53. The average Bonchev–Trinajstić information content (AvgIpc) is 2.92. The molecule has 0 aromatic rings. The van der Waals surface area contributed by atoms with Crippen molar-refractivity contribution in [2.75, 3.05) is 47.5 Å². The number of likely N-dealkylation sites (N-methyl/N-ethyl adjacent to an activating group) is 1. The van der Waals surface area contributed by atoms with Crippen LogP contribution in [-0.4, -0.2) is 74.9 Å². The van der Waals surface area contributed by atoms with E-state index in [1.54, 1.807) is 0 Å². The molecule has 10 heteroatoms. The Morgan fingerprint density at radius 2 is 1.26 bits per heavy atom. The first-order chi connectivity index (χ1) is 20.0. The number of rotatable bonds is 29. The third-order valence-electron chi connectivity index (χ3n) is 6.59. The van der Waals surface area contributed by atoms with E-state index in [1.807, 2.05) is 21.1 Å². The van der Waals surface area contributed by atoms with Gasteiger partial charge in [0.1, 0.15) is 19.8 Å². The van der Waals surface area contributed by atoms with E-state index in [-0.39, 0.29) is 26.1 Å². The van der Waals surface area contributed by atoms with Crippen molar-refractivity contribution in [2.24, 2.45) is 0 Å². The van der Waals surface area contributed by atoms with Crippen molar-refractivity contribution in [1.29, 1.82) is 0 Å². The highest BCUT2D eigenvalue weighted by Gasteiger charge is 2.27. The average molecular weight is 619 g/mol. The molecular weight excluding hydrogens is 557 g/mol. The SMILES string of the molecule is [CH2-]CCC/C=C\CCCCCCCC(=O)O[C@H](COC(=O)CCCCCCCC[CH2-])COP(=O)(O)OCC[N+](C)(C)C. The molecule has 9 nitrogen and oxygen atoms in total. The predicted molar refractivity (Wildman–Crippen MR) is 168 cm³/mol. The molecule has 0 fully saturated rings. The van der Waals surface area contributed by atoms with Gasteiger partial charge >= 0.3 is 19.8 Å². The van der Waals surface area contributed by atoms with Crippen molar-refractivity contribution in [3.63, 3.8) is 0 Å². The summed E-state index contributed by atoms with van der Waals surface area (Å²) < 4.78 is 33.8. The van der Waals surface area contributed by atoms with Crippen molar-refractivity contribution >= 4 is 19.8 Å². The van der Waals surface area contributed by atoms with Gasteiger partial charge in [0, 0.05) is 12.8 Å². The summed E-state index contributed by atoms with van der Waals surface area (Å²) in [6, 6.07) is 0. The van der Waals surface area contributed by atoms with E-state index < -0.39 is 32.5 Å². The Morgan fingerprint density at radius 1 is 0.738 bits per heavy atom.